The summed E-state index contributed by atoms with van der Waals surface area (Å²) in [6.07, 6.45) is 1.13. The number of esters is 2. The third kappa shape index (κ3) is 9.93. The van der Waals surface area contributed by atoms with E-state index in [1.54, 1.807) is 0 Å². The summed E-state index contributed by atoms with van der Waals surface area (Å²) in [6.45, 7) is 19.0. The average Bonchev–Trinajstić information content (AvgIpc) is 3.33. The van der Waals surface area contributed by atoms with Crippen molar-refractivity contribution in [2.24, 2.45) is 0 Å². The Morgan fingerprint density at radius 3 is 1.34 bits per heavy atom. The van der Waals surface area contributed by atoms with Crippen LogP contribution in [-0.4, -0.2) is 110 Å². The van der Waals surface area contributed by atoms with E-state index >= 15 is 0 Å². The first-order chi connectivity index (χ1) is 30.3. The number of nitrogens with zero attached hydrogens (tertiary/aromatic N) is 6. The number of ether oxygens (including phenoxy) is 2. The number of carbonyl (C=O) groups excluding carboxylic acids is 2. The zero-order valence-corrected chi connectivity index (χ0v) is 36.8. The Bertz CT molecular complexity index is 2320. The van der Waals surface area contributed by atoms with Gasteiger partial charge in [0.15, 0.2) is 0 Å². The quantitative estimate of drug-likeness (QED) is 0.0782. The molecule has 6 aromatic rings. The number of benzene rings is 4. The molecule has 2 saturated heterocycles. The fourth-order valence-corrected chi connectivity index (χ4v) is 8.81. The first-order valence-corrected chi connectivity index (χ1v) is 22.6. The van der Waals surface area contributed by atoms with Gasteiger partial charge < -0.3 is 29.1 Å². The van der Waals surface area contributed by atoms with Crippen LogP contribution in [0.1, 0.15) is 63.5 Å². The minimum Gasteiger partial charge on any atom is -0.457 e. The molecule has 2 aliphatic heterocycles. The number of anilines is 2. The number of piperazine rings is 2. The second-order valence-electron chi connectivity index (χ2n) is 16.8. The van der Waals surface area contributed by atoms with Gasteiger partial charge in [-0.25, -0.2) is 19.6 Å². The lowest BCUT2D eigenvalue weighted by molar-refractivity contribution is -0.167. The van der Waals surface area contributed by atoms with Crippen LogP contribution in [0.2, 0.25) is 0 Å². The van der Waals surface area contributed by atoms with Crippen molar-refractivity contribution < 1.29 is 19.1 Å². The van der Waals surface area contributed by atoms with Crippen LogP contribution < -0.4 is 9.80 Å². The van der Waals surface area contributed by atoms with Gasteiger partial charge in [0.2, 0.25) is 0 Å². The summed E-state index contributed by atoms with van der Waals surface area (Å²) in [5.74, 6) is 0.338. The number of hydrogen-bond donors (Lipinski definition) is 0. The standard InChI is InChI=1S/C52H60N6O4/c1-5-55-23-27-57(28-24-55)49-45-19-9-7-13-41(45)35-47(53-49)43-17-11-15-39(33-43)37(3)21-31-61-51(59)52(60)62-32-22-38(4)40-16-12-18-44(34-40)48-36-42-14-8-10-20-46(42)50(54-48)58-29-25-56(6-2)26-30-58/h7-20,33-38H,5-6,21-32H2,1-4H3. The summed E-state index contributed by atoms with van der Waals surface area (Å²) in [5, 5.41) is 4.69. The third-order valence-electron chi connectivity index (χ3n) is 12.9. The minimum atomic E-state index is -0.956. The predicted octanol–water partition coefficient (Wildman–Crippen LogP) is 9.17. The average molecular weight is 833 g/mol. The molecular weight excluding hydrogens is 773 g/mol. The molecule has 2 aliphatic rings. The Kier molecular flexibility index (Phi) is 13.8. The molecule has 0 amide bonds. The largest absolute Gasteiger partial charge is 0.457 e. The highest BCUT2D eigenvalue weighted by Crippen LogP contribution is 2.34. The van der Waals surface area contributed by atoms with Crippen molar-refractivity contribution in [1.82, 2.24) is 19.8 Å². The van der Waals surface area contributed by atoms with E-state index < -0.39 is 11.9 Å². The zero-order valence-electron chi connectivity index (χ0n) is 36.8. The molecule has 4 heterocycles. The molecule has 2 fully saturated rings. The van der Waals surface area contributed by atoms with Gasteiger partial charge in [0, 0.05) is 74.3 Å². The van der Waals surface area contributed by atoms with Gasteiger partial charge in [-0.05, 0) is 83.9 Å². The van der Waals surface area contributed by atoms with E-state index in [4.69, 9.17) is 19.4 Å². The summed E-state index contributed by atoms with van der Waals surface area (Å²) in [7, 11) is 0. The van der Waals surface area contributed by atoms with Gasteiger partial charge in [-0.3, -0.25) is 0 Å². The molecule has 2 aromatic heterocycles. The van der Waals surface area contributed by atoms with Crippen molar-refractivity contribution in [2.45, 2.75) is 52.4 Å². The molecule has 322 valence electrons. The van der Waals surface area contributed by atoms with Gasteiger partial charge in [0.05, 0.1) is 24.6 Å². The Hall–Kier alpha value is -5.84. The van der Waals surface area contributed by atoms with Crippen molar-refractivity contribution >= 4 is 45.1 Å². The Labute approximate surface area is 366 Å². The maximum absolute atomic E-state index is 12.7. The molecule has 10 nitrogen and oxygen atoms in total. The van der Waals surface area contributed by atoms with E-state index in [1.165, 1.54) is 21.5 Å². The van der Waals surface area contributed by atoms with E-state index in [0.717, 1.165) is 111 Å². The molecule has 0 bridgehead atoms. The maximum atomic E-state index is 12.7. The van der Waals surface area contributed by atoms with Crippen LogP contribution in [-0.2, 0) is 19.1 Å². The molecule has 2 atom stereocenters. The third-order valence-corrected chi connectivity index (χ3v) is 12.9. The molecule has 4 aromatic carbocycles. The minimum absolute atomic E-state index is 0.0883. The number of rotatable bonds is 14. The van der Waals surface area contributed by atoms with Crippen LogP contribution in [0.4, 0.5) is 11.6 Å². The summed E-state index contributed by atoms with van der Waals surface area (Å²) in [5.41, 5.74) is 6.21. The highest BCUT2D eigenvalue weighted by atomic mass is 16.6. The van der Waals surface area contributed by atoms with Gasteiger partial charge in [-0.2, -0.15) is 0 Å². The zero-order chi connectivity index (χ0) is 43.0. The Morgan fingerprint density at radius 2 is 0.935 bits per heavy atom. The van der Waals surface area contributed by atoms with Crippen molar-refractivity contribution in [1.29, 1.82) is 0 Å². The topological polar surface area (TPSA) is 91.3 Å². The van der Waals surface area contributed by atoms with Crippen LogP contribution in [0, 0.1) is 0 Å². The lowest BCUT2D eigenvalue weighted by Crippen LogP contribution is -2.46. The molecule has 0 N–H and O–H groups in total. The fraction of sp³-hybridized carbons (Fsp3) is 0.385. The van der Waals surface area contributed by atoms with Crippen molar-refractivity contribution in [3.05, 3.63) is 120 Å². The first-order valence-electron chi connectivity index (χ1n) is 22.6. The summed E-state index contributed by atoms with van der Waals surface area (Å²) < 4.78 is 10.8. The normalized spacial score (nSPS) is 16.1. The summed E-state index contributed by atoms with van der Waals surface area (Å²) in [6, 6.07) is 38.2. The second-order valence-corrected chi connectivity index (χ2v) is 16.8. The number of fused-ring (bicyclic) bond motifs is 2. The van der Waals surface area contributed by atoms with E-state index in [9.17, 15) is 9.59 Å². The van der Waals surface area contributed by atoms with Gasteiger partial charge in [-0.15, -0.1) is 0 Å². The first kappa shape index (κ1) is 42.8. The van der Waals surface area contributed by atoms with Crippen LogP contribution in [0.25, 0.3) is 44.1 Å². The number of hydrogen-bond acceptors (Lipinski definition) is 10. The van der Waals surface area contributed by atoms with Gasteiger partial charge in [0.25, 0.3) is 0 Å². The Balaban J connectivity index is 0.834. The molecule has 0 radical (unpaired) electrons. The number of pyridine rings is 2. The second kappa shape index (κ2) is 19.9. The van der Waals surface area contributed by atoms with Crippen molar-refractivity contribution in [2.75, 3.05) is 88.5 Å². The molecular formula is C52H60N6O4. The molecule has 0 spiro atoms. The van der Waals surface area contributed by atoms with Crippen LogP contribution in [0.15, 0.2) is 109 Å². The SMILES string of the molecule is CCN1CCN(c2nc(-c3cccc(C(C)CCOC(=O)C(=O)OCCC(C)c4cccc(-c5cc6ccccc6c(N6CCN(CC)CC6)n5)c4)c3)cc3ccccc23)CC1. The summed E-state index contributed by atoms with van der Waals surface area (Å²) in [4.78, 5) is 45.6. The van der Waals surface area contributed by atoms with Gasteiger partial charge >= 0.3 is 11.9 Å². The van der Waals surface area contributed by atoms with Crippen molar-refractivity contribution in [3.8, 4) is 22.5 Å². The highest BCUT2D eigenvalue weighted by molar-refractivity contribution is 6.29. The predicted molar refractivity (Wildman–Crippen MR) is 251 cm³/mol. The molecule has 2 unspecified atom stereocenters. The monoisotopic (exact) mass is 832 g/mol. The van der Waals surface area contributed by atoms with Crippen LogP contribution >= 0.6 is 0 Å². The van der Waals surface area contributed by atoms with Gasteiger partial charge in [-0.1, -0.05) is 113 Å². The molecule has 62 heavy (non-hydrogen) atoms. The fourth-order valence-electron chi connectivity index (χ4n) is 8.81. The maximum Gasteiger partial charge on any atom is 0.417 e. The number of aromatic nitrogens is 2. The van der Waals surface area contributed by atoms with E-state index in [2.05, 4.69) is 156 Å². The molecule has 0 saturated carbocycles. The smallest absolute Gasteiger partial charge is 0.417 e. The molecule has 8 rings (SSSR count). The summed E-state index contributed by atoms with van der Waals surface area (Å²) >= 11 is 0. The molecule has 0 aliphatic carbocycles. The van der Waals surface area contributed by atoms with E-state index in [1.807, 2.05) is 0 Å². The lowest BCUT2D eigenvalue weighted by Gasteiger charge is -2.35. The number of likely N-dealkylation sites (N-methyl/N-ethyl adjacent to an activating group) is 2. The van der Waals surface area contributed by atoms with Crippen LogP contribution in [0.3, 0.4) is 0 Å². The van der Waals surface area contributed by atoms with Gasteiger partial charge in [0.1, 0.15) is 11.6 Å². The highest BCUT2D eigenvalue weighted by Gasteiger charge is 2.23. The van der Waals surface area contributed by atoms with Crippen LogP contribution in [0.5, 0.6) is 0 Å². The lowest BCUT2D eigenvalue weighted by atomic mass is 9.95. The molecule has 10 heteroatoms. The van der Waals surface area contributed by atoms with E-state index in [-0.39, 0.29) is 25.0 Å². The van der Waals surface area contributed by atoms with Crippen molar-refractivity contribution in [3.63, 3.8) is 0 Å². The Morgan fingerprint density at radius 1 is 0.532 bits per heavy atom. The number of carbonyl (C=O) groups is 2. The van der Waals surface area contributed by atoms with E-state index in [0.29, 0.717) is 12.8 Å².